The number of thioether (sulfide) groups is 1. The Hall–Kier alpha value is -1.34. The van der Waals surface area contributed by atoms with Gasteiger partial charge in [-0.25, -0.2) is 0 Å². The van der Waals surface area contributed by atoms with Crippen LogP contribution in [0.25, 0.3) is 10.7 Å². The molecule has 102 valence electrons. The van der Waals surface area contributed by atoms with Crippen molar-refractivity contribution in [3.8, 4) is 10.7 Å². The van der Waals surface area contributed by atoms with E-state index in [-0.39, 0.29) is 17.0 Å². The minimum atomic E-state index is -0.225. The molecule has 5 nitrogen and oxygen atoms in total. The van der Waals surface area contributed by atoms with Gasteiger partial charge in [-0.2, -0.15) is 4.98 Å². The van der Waals surface area contributed by atoms with Crippen LogP contribution in [-0.4, -0.2) is 28.5 Å². The Morgan fingerprint density at radius 1 is 1.63 bits per heavy atom. The molecular weight excluding hydrogens is 284 g/mol. The van der Waals surface area contributed by atoms with Gasteiger partial charge in [0.1, 0.15) is 0 Å². The molecule has 2 aromatic heterocycles. The molecule has 19 heavy (non-hydrogen) atoms. The predicted molar refractivity (Wildman–Crippen MR) is 75.1 cm³/mol. The highest BCUT2D eigenvalue weighted by molar-refractivity contribution is 8.00. The second kappa shape index (κ2) is 6.72. The van der Waals surface area contributed by atoms with E-state index in [4.69, 9.17) is 9.26 Å². The molecule has 1 unspecified atom stereocenters. The summed E-state index contributed by atoms with van der Waals surface area (Å²) in [5.41, 5.74) is 0. The van der Waals surface area contributed by atoms with Crippen molar-refractivity contribution in [3.05, 3.63) is 23.4 Å². The number of rotatable bonds is 6. The Morgan fingerprint density at radius 3 is 3.16 bits per heavy atom. The van der Waals surface area contributed by atoms with E-state index in [1.807, 2.05) is 24.4 Å². The molecule has 0 bridgehead atoms. The van der Waals surface area contributed by atoms with Gasteiger partial charge in [0, 0.05) is 0 Å². The first-order chi connectivity index (χ1) is 9.20. The van der Waals surface area contributed by atoms with Crippen molar-refractivity contribution < 1.29 is 14.1 Å². The minimum Gasteiger partial charge on any atom is -0.465 e. The number of hydrogen-bond acceptors (Lipinski definition) is 7. The molecule has 0 aromatic carbocycles. The van der Waals surface area contributed by atoms with E-state index in [1.165, 1.54) is 11.8 Å². The van der Waals surface area contributed by atoms with Gasteiger partial charge in [0.15, 0.2) is 0 Å². The Bertz CT molecular complexity index is 525. The molecule has 0 fully saturated rings. The molecule has 0 N–H and O–H groups in total. The Labute approximate surface area is 119 Å². The number of thiophene rings is 1. The zero-order valence-electron chi connectivity index (χ0n) is 10.7. The maximum atomic E-state index is 11.3. The van der Waals surface area contributed by atoms with Gasteiger partial charge in [0.2, 0.25) is 11.7 Å². The van der Waals surface area contributed by atoms with E-state index < -0.39 is 0 Å². The lowest BCUT2D eigenvalue weighted by Gasteiger charge is -2.05. The monoisotopic (exact) mass is 298 g/mol. The highest BCUT2D eigenvalue weighted by Crippen LogP contribution is 2.29. The number of esters is 1. The van der Waals surface area contributed by atoms with E-state index in [0.29, 0.717) is 18.3 Å². The summed E-state index contributed by atoms with van der Waals surface area (Å²) < 4.78 is 10.1. The fourth-order valence-electron chi connectivity index (χ4n) is 1.37. The lowest BCUT2D eigenvalue weighted by atomic mass is 10.4. The number of ether oxygens (including phenoxy) is 1. The van der Waals surface area contributed by atoms with Gasteiger partial charge in [0.05, 0.1) is 22.5 Å². The molecule has 7 heteroatoms. The van der Waals surface area contributed by atoms with Gasteiger partial charge >= 0.3 is 5.97 Å². The minimum absolute atomic E-state index is 0.0365. The molecule has 2 heterocycles. The number of nitrogens with zero attached hydrogens (tertiary/aromatic N) is 2. The molecule has 0 amide bonds. The van der Waals surface area contributed by atoms with E-state index in [0.717, 1.165) is 4.88 Å². The van der Waals surface area contributed by atoms with Crippen LogP contribution in [0, 0.1) is 0 Å². The summed E-state index contributed by atoms with van der Waals surface area (Å²) >= 11 is 2.98. The van der Waals surface area contributed by atoms with E-state index in [2.05, 4.69) is 10.1 Å². The SMILES string of the molecule is CCOC(=O)CSC(C)c1nc(-c2cccs2)no1. The average molecular weight is 298 g/mol. The van der Waals surface area contributed by atoms with Crippen LogP contribution in [0.3, 0.4) is 0 Å². The van der Waals surface area contributed by atoms with Gasteiger partial charge in [-0.15, -0.1) is 23.1 Å². The summed E-state index contributed by atoms with van der Waals surface area (Å²) in [6.45, 7) is 4.11. The van der Waals surface area contributed by atoms with Crippen molar-refractivity contribution in [3.63, 3.8) is 0 Å². The first kappa shape index (κ1) is 14.1. The van der Waals surface area contributed by atoms with Crippen LogP contribution in [0.4, 0.5) is 0 Å². The highest BCUT2D eigenvalue weighted by atomic mass is 32.2. The summed E-state index contributed by atoms with van der Waals surface area (Å²) in [7, 11) is 0. The molecule has 2 aromatic rings. The fourth-order valence-corrected chi connectivity index (χ4v) is 2.73. The zero-order valence-corrected chi connectivity index (χ0v) is 12.3. The molecule has 0 saturated carbocycles. The van der Waals surface area contributed by atoms with Crippen LogP contribution < -0.4 is 0 Å². The summed E-state index contributed by atoms with van der Waals surface area (Å²) in [5.74, 6) is 1.18. The topological polar surface area (TPSA) is 65.2 Å². The zero-order chi connectivity index (χ0) is 13.7. The normalized spacial score (nSPS) is 12.3. The third kappa shape index (κ3) is 3.81. The summed E-state index contributed by atoms with van der Waals surface area (Å²) in [4.78, 5) is 16.6. The molecule has 0 radical (unpaired) electrons. The molecule has 0 aliphatic heterocycles. The molecule has 2 rings (SSSR count). The lowest BCUT2D eigenvalue weighted by molar-refractivity contribution is -0.139. The third-order valence-corrected chi connectivity index (χ3v) is 4.26. The summed E-state index contributed by atoms with van der Waals surface area (Å²) in [6, 6.07) is 3.88. The Morgan fingerprint density at radius 2 is 2.47 bits per heavy atom. The van der Waals surface area contributed by atoms with E-state index in [1.54, 1.807) is 18.3 Å². The molecule has 0 aliphatic carbocycles. The van der Waals surface area contributed by atoms with Crippen LogP contribution in [0.15, 0.2) is 22.0 Å². The predicted octanol–water partition coefficient (Wildman–Crippen LogP) is 3.16. The first-order valence-electron chi connectivity index (χ1n) is 5.85. The van der Waals surface area contributed by atoms with Crippen LogP contribution in [0.1, 0.15) is 25.0 Å². The average Bonchev–Trinajstić information content (AvgIpc) is 3.06. The Kier molecular flexibility index (Phi) is 4.98. The van der Waals surface area contributed by atoms with E-state index >= 15 is 0 Å². The van der Waals surface area contributed by atoms with Gasteiger partial charge in [0.25, 0.3) is 0 Å². The van der Waals surface area contributed by atoms with Crippen LogP contribution in [0.2, 0.25) is 0 Å². The van der Waals surface area contributed by atoms with Crippen LogP contribution >= 0.6 is 23.1 Å². The van der Waals surface area contributed by atoms with Crippen molar-refractivity contribution in [2.75, 3.05) is 12.4 Å². The van der Waals surface area contributed by atoms with Crippen molar-refractivity contribution in [2.24, 2.45) is 0 Å². The van der Waals surface area contributed by atoms with Crippen molar-refractivity contribution in [2.45, 2.75) is 19.1 Å². The maximum Gasteiger partial charge on any atom is 0.315 e. The quantitative estimate of drug-likeness (QED) is 0.763. The first-order valence-corrected chi connectivity index (χ1v) is 7.78. The lowest BCUT2D eigenvalue weighted by Crippen LogP contribution is -2.07. The third-order valence-electron chi connectivity index (χ3n) is 2.29. The molecular formula is C12H14N2O3S2. The van der Waals surface area contributed by atoms with Crippen molar-refractivity contribution in [1.82, 2.24) is 10.1 Å². The van der Waals surface area contributed by atoms with Gasteiger partial charge < -0.3 is 9.26 Å². The maximum absolute atomic E-state index is 11.3. The molecule has 0 spiro atoms. The van der Waals surface area contributed by atoms with Gasteiger partial charge in [-0.3, -0.25) is 4.79 Å². The van der Waals surface area contributed by atoms with Crippen molar-refractivity contribution >= 4 is 29.1 Å². The number of carbonyl (C=O) groups is 1. The van der Waals surface area contributed by atoms with Gasteiger partial charge in [-0.1, -0.05) is 11.2 Å². The van der Waals surface area contributed by atoms with Crippen LogP contribution in [0.5, 0.6) is 0 Å². The fraction of sp³-hybridized carbons (Fsp3) is 0.417. The second-order valence-corrected chi connectivity index (χ2v) is 5.97. The van der Waals surface area contributed by atoms with Crippen LogP contribution in [-0.2, 0) is 9.53 Å². The molecule has 1 atom stereocenters. The highest BCUT2D eigenvalue weighted by Gasteiger charge is 2.17. The standard InChI is InChI=1S/C12H14N2O3S2/c1-3-16-10(15)7-19-8(2)12-13-11(14-17-12)9-5-4-6-18-9/h4-6,8H,3,7H2,1-2H3. The number of aromatic nitrogens is 2. The van der Waals surface area contributed by atoms with E-state index in [9.17, 15) is 4.79 Å². The van der Waals surface area contributed by atoms with Gasteiger partial charge in [-0.05, 0) is 25.3 Å². The number of carbonyl (C=O) groups excluding carboxylic acids is 1. The largest absolute Gasteiger partial charge is 0.465 e. The summed E-state index contributed by atoms with van der Waals surface area (Å²) in [6.07, 6.45) is 0. The van der Waals surface area contributed by atoms with Crippen molar-refractivity contribution in [1.29, 1.82) is 0 Å². The number of hydrogen-bond donors (Lipinski definition) is 0. The second-order valence-electron chi connectivity index (χ2n) is 3.69. The summed E-state index contributed by atoms with van der Waals surface area (Å²) in [5, 5.41) is 5.86. The Balaban J connectivity index is 1.93. The molecule has 0 aliphatic rings. The molecule has 0 saturated heterocycles. The smallest absolute Gasteiger partial charge is 0.315 e.